The number of esters is 2. The van der Waals surface area contributed by atoms with Crippen molar-refractivity contribution in [2.24, 2.45) is 0 Å². The summed E-state index contributed by atoms with van der Waals surface area (Å²) in [7, 11) is 0. The van der Waals surface area contributed by atoms with Crippen molar-refractivity contribution in [1.82, 2.24) is 5.32 Å². The summed E-state index contributed by atoms with van der Waals surface area (Å²) in [6, 6.07) is 15.6. The fraction of sp³-hybridized carbons (Fsp3) is 0.328. The van der Waals surface area contributed by atoms with Crippen molar-refractivity contribution in [2.75, 3.05) is 6.61 Å². The van der Waals surface area contributed by atoms with Gasteiger partial charge in [-0.15, -0.1) is 0 Å². The van der Waals surface area contributed by atoms with Gasteiger partial charge < -0.3 is 19.9 Å². The third kappa shape index (κ3) is 27.2. The molecule has 0 bridgehead atoms. The first-order valence-electron chi connectivity index (χ1n) is 21.4. The highest BCUT2D eigenvalue weighted by Gasteiger charge is 2.36. The molecule has 322 valence electrons. The molecule has 2 aromatic rings. The Labute approximate surface area is 386 Å². The van der Waals surface area contributed by atoms with Gasteiger partial charge in [-0.05, 0) is 139 Å². The standard InChI is InChI=1S/C58H49NO6/c1-3-5-7-9-11-13-15-17-18-19-20-21-22-23-24-25-26-27-29-31-33-35-43-49-55(61)59-53(50-60)56(65-58(63)52-46-40-37-41-47-52)54(64-57(62)51-44-38-36-39-45-51)48-42-34-32-30-28-16-14-12-10-8-6-4-2/h36-41,44-47,53-54,56,60H,4,6,8,10,12,14,16,28,30,32,34,42,48,50H2,1-2H3,(H,59,61)/t53-,54+,56-/m0/s1. The van der Waals surface area contributed by atoms with Gasteiger partial charge in [-0.2, -0.15) is 0 Å². The van der Waals surface area contributed by atoms with Crippen LogP contribution in [0.1, 0.15) is 118 Å². The summed E-state index contributed by atoms with van der Waals surface area (Å²) in [5.41, 5.74) is 0.556. The van der Waals surface area contributed by atoms with Gasteiger partial charge >= 0.3 is 11.9 Å². The van der Waals surface area contributed by atoms with E-state index in [1.807, 2.05) is 0 Å². The van der Waals surface area contributed by atoms with Crippen molar-refractivity contribution < 1.29 is 29.0 Å². The fourth-order valence-electron chi connectivity index (χ4n) is 5.65. The number of amides is 1. The maximum atomic E-state index is 13.4. The van der Waals surface area contributed by atoms with E-state index in [0.717, 1.165) is 25.7 Å². The molecule has 0 aliphatic heterocycles. The Morgan fingerprint density at radius 2 is 0.846 bits per heavy atom. The summed E-state index contributed by atoms with van der Waals surface area (Å²) in [6.45, 7) is 3.26. The topological polar surface area (TPSA) is 102 Å². The van der Waals surface area contributed by atoms with Gasteiger partial charge in [0.1, 0.15) is 6.10 Å². The molecular formula is C58H49NO6. The molecule has 2 rings (SSSR count). The first-order chi connectivity index (χ1) is 32.0. The van der Waals surface area contributed by atoms with Crippen LogP contribution in [0.15, 0.2) is 60.7 Å². The number of carbonyl (C=O) groups excluding carboxylic acids is 3. The highest BCUT2D eigenvalue weighted by atomic mass is 16.6. The first-order valence-corrected chi connectivity index (χ1v) is 21.4. The number of aliphatic hydroxyl groups is 1. The van der Waals surface area contributed by atoms with Crippen LogP contribution in [0.2, 0.25) is 0 Å². The van der Waals surface area contributed by atoms with Gasteiger partial charge in [0.15, 0.2) is 6.10 Å². The highest BCUT2D eigenvalue weighted by molar-refractivity contribution is 5.94. The van der Waals surface area contributed by atoms with E-state index in [-0.39, 0.29) is 5.56 Å². The second-order valence-corrected chi connectivity index (χ2v) is 13.6. The molecule has 0 unspecified atom stereocenters. The van der Waals surface area contributed by atoms with Gasteiger partial charge in [0.25, 0.3) is 5.91 Å². The van der Waals surface area contributed by atoms with Crippen molar-refractivity contribution >= 4 is 17.8 Å². The van der Waals surface area contributed by atoms with Crippen LogP contribution < -0.4 is 5.32 Å². The minimum Gasteiger partial charge on any atom is -0.455 e. The van der Waals surface area contributed by atoms with Crippen LogP contribution in [0.25, 0.3) is 0 Å². The first kappa shape index (κ1) is 52.7. The van der Waals surface area contributed by atoms with Gasteiger partial charge in [0.2, 0.25) is 0 Å². The van der Waals surface area contributed by atoms with Crippen LogP contribution in [0.3, 0.4) is 0 Å². The van der Waals surface area contributed by atoms with Crippen LogP contribution in [-0.2, 0) is 14.3 Å². The van der Waals surface area contributed by atoms with E-state index in [0.29, 0.717) is 18.4 Å². The molecule has 0 aliphatic rings. The zero-order valence-electron chi connectivity index (χ0n) is 36.9. The Bertz CT molecular complexity index is 2660. The molecule has 0 saturated carbocycles. The van der Waals surface area contributed by atoms with E-state index in [1.54, 1.807) is 67.6 Å². The third-order valence-corrected chi connectivity index (χ3v) is 8.75. The Morgan fingerprint density at radius 3 is 1.23 bits per heavy atom. The number of ether oxygens (including phenoxy) is 2. The number of hydrogen-bond acceptors (Lipinski definition) is 6. The molecule has 65 heavy (non-hydrogen) atoms. The van der Waals surface area contributed by atoms with E-state index >= 15 is 0 Å². The van der Waals surface area contributed by atoms with Crippen molar-refractivity contribution in [3.63, 3.8) is 0 Å². The fourth-order valence-corrected chi connectivity index (χ4v) is 5.65. The number of carbonyl (C=O) groups is 3. The zero-order valence-corrected chi connectivity index (χ0v) is 36.9. The molecule has 7 nitrogen and oxygen atoms in total. The summed E-state index contributed by atoms with van der Waals surface area (Å²) in [5.74, 6) is 57.8. The minimum atomic E-state index is -1.26. The molecule has 0 aliphatic carbocycles. The van der Waals surface area contributed by atoms with E-state index in [9.17, 15) is 19.5 Å². The molecule has 2 N–H and O–H groups in total. The van der Waals surface area contributed by atoms with Gasteiger partial charge in [-0.3, -0.25) is 4.79 Å². The summed E-state index contributed by atoms with van der Waals surface area (Å²) >= 11 is 0. The van der Waals surface area contributed by atoms with Crippen LogP contribution in [0, 0.1) is 142 Å². The van der Waals surface area contributed by atoms with Crippen LogP contribution in [0.5, 0.6) is 0 Å². The molecular weight excluding hydrogens is 807 g/mol. The summed E-state index contributed by atoms with van der Waals surface area (Å²) in [6.07, 6.45) is 11.7. The lowest BCUT2D eigenvalue weighted by molar-refractivity contribution is -0.119. The lowest BCUT2D eigenvalue weighted by Crippen LogP contribution is -2.53. The molecule has 3 atom stereocenters. The second-order valence-electron chi connectivity index (χ2n) is 13.6. The molecule has 0 fully saturated rings. The second kappa shape index (κ2) is 37.3. The van der Waals surface area contributed by atoms with E-state index in [2.05, 4.69) is 154 Å². The maximum Gasteiger partial charge on any atom is 0.338 e. The Balaban J connectivity index is 2.10. The lowest BCUT2D eigenvalue weighted by Gasteiger charge is -2.32. The van der Waals surface area contributed by atoms with Crippen LogP contribution in [-0.4, -0.2) is 47.8 Å². The normalized spacial score (nSPS) is 9.77. The van der Waals surface area contributed by atoms with Crippen LogP contribution >= 0.6 is 0 Å². The minimum absolute atomic E-state index is 0.250. The maximum absolute atomic E-state index is 13.4. The Morgan fingerprint density at radius 1 is 0.492 bits per heavy atom. The molecule has 0 spiro atoms. The SMILES string of the molecule is CC#CC#CC#CC#CC#CC#CC#CC#CC#CC#CC#CC#CC(=O)N[C@@H](CO)[C@H](OC(=O)c1ccccc1)[C@@H](CCCCCCCCCCCCCC)OC(=O)c1ccccc1. The summed E-state index contributed by atoms with van der Waals surface area (Å²) < 4.78 is 12.0. The van der Waals surface area contributed by atoms with Crippen molar-refractivity contribution in [3.05, 3.63) is 71.8 Å². The number of nitrogens with one attached hydrogen (secondary N) is 1. The van der Waals surface area contributed by atoms with E-state index in [4.69, 9.17) is 9.47 Å². The monoisotopic (exact) mass is 855 g/mol. The largest absolute Gasteiger partial charge is 0.455 e. The van der Waals surface area contributed by atoms with Gasteiger partial charge in [-0.1, -0.05) is 120 Å². The highest BCUT2D eigenvalue weighted by Crippen LogP contribution is 2.21. The summed E-state index contributed by atoms with van der Waals surface area (Å²) in [4.78, 5) is 39.8. The van der Waals surface area contributed by atoms with E-state index < -0.39 is 42.7 Å². The molecule has 0 heterocycles. The average molecular weight is 856 g/mol. The molecule has 0 radical (unpaired) electrons. The molecule has 0 aromatic heterocycles. The Hall–Kier alpha value is -8.47. The number of hydrogen-bond donors (Lipinski definition) is 2. The number of benzene rings is 2. The molecule has 0 saturated heterocycles. The van der Waals surface area contributed by atoms with Crippen molar-refractivity contribution in [1.29, 1.82) is 0 Å². The van der Waals surface area contributed by atoms with Crippen molar-refractivity contribution in [2.45, 2.75) is 116 Å². The molecule has 7 heteroatoms. The lowest BCUT2D eigenvalue weighted by atomic mass is 9.98. The van der Waals surface area contributed by atoms with Gasteiger partial charge in [0, 0.05) is 41.4 Å². The quantitative estimate of drug-likeness (QED) is 0.0793. The predicted octanol–water partition coefficient (Wildman–Crippen LogP) is 7.07. The number of unbranched alkanes of at least 4 members (excludes halogenated alkanes) is 11. The van der Waals surface area contributed by atoms with E-state index in [1.165, 1.54) is 44.9 Å². The zero-order chi connectivity index (χ0) is 46.7. The third-order valence-electron chi connectivity index (χ3n) is 8.75. The molecule has 1 amide bonds. The predicted molar refractivity (Wildman–Crippen MR) is 255 cm³/mol. The van der Waals surface area contributed by atoms with Crippen molar-refractivity contribution in [3.8, 4) is 142 Å². The number of rotatable bonds is 21. The van der Waals surface area contributed by atoms with Gasteiger partial charge in [-0.25, -0.2) is 9.59 Å². The van der Waals surface area contributed by atoms with Crippen LogP contribution in [0.4, 0.5) is 0 Å². The number of aliphatic hydroxyl groups excluding tert-OH is 1. The van der Waals surface area contributed by atoms with Gasteiger partial charge in [0.05, 0.1) is 23.8 Å². The smallest absolute Gasteiger partial charge is 0.338 e. The molecule has 2 aromatic carbocycles. The summed E-state index contributed by atoms with van der Waals surface area (Å²) in [5, 5.41) is 13.2. The average Bonchev–Trinajstić information content (AvgIpc) is 3.33. The Kier molecular flexibility index (Phi) is 30.2.